The largest absolute Gasteiger partial charge is 0.465 e. The number of hydrogen-bond acceptors (Lipinski definition) is 2. The molecule has 1 heterocycles. The number of thiophene rings is 1. The van der Waals surface area contributed by atoms with Crippen molar-refractivity contribution in [3.63, 3.8) is 0 Å². The lowest BCUT2D eigenvalue weighted by molar-refractivity contribution is 0.154. The van der Waals surface area contributed by atoms with Gasteiger partial charge in [-0.05, 0) is 28.1 Å². The Morgan fingerprint density at radius 2 is 2.42 bits per heavy atom. The van der Waals surface area contributed by atoms with E-state index in [1.165, 1.54) is 4.90 Å². The number of rotatable bonds is 2. The summed E-state index contributed by atoms with van der Waals surface area (Å²) in [6, 6.07) is 3.82. The van der Waals surface area contributed by atoms with Gasteiger partial charge in [-0.25, -0.2) is 4.79 Å². The van der Waals surface area contributed by atoms with Crippen LogP contribution in [0.1, 0.15) is 4.88 Å². The van der Waals surface area contributed by atoms with E-state index in [1.54, 1.807) is 18.4 Å². The highest BCUT2D eigenvalue weighted by Crippen LogP contribution is 2.22. The minimum Gasteiger partial charge on any atom is -0.465 e. The van der Waals surface area contributed by atoms with Crippen molar-refractivity contribution in [1.29, 1.82) is 0 Å². The average Bonchev–Trinajstić information content (AvgIpc) is 2.35. The summed E-state index contributed by atoms with van der Waals surface area (Å²) < 4.78 is 1.02. The first-order valence-corrected chi connectivity index (χ1v) is 4.89. The van der Waals surface area contributed by atoms with Gasteiger partial charge >= 0.3 is 6.09 Å². The minimum absolute atomic E-state index is 0.450. The second-order valence-corrected chi connectivity index (χ2v) is 4.89. The van der Waals surface area contributed by atoms with Crippen LogP contribution in [0.3, 0.4) is 0 Å². The lowest BCUT2D eigenvalue weighted by atomic mass is 10.4. The molecular formula is C7H8BrNO2S. The number of carbonyl (C=O) groups is 1. The lowest BCUT2D eigenvalue weighted by Crippen LogP contribution is -2.23. The first kappa shape index (κ1) is 9.54. The summed E-state index contributed by atoms with van der Waals surface area (Å²) in [6.45, 7) is 0.450. The highest BCUT2D eigenvalue weighted by molar-refractivity contribution is 9.11. The summed E-state index contributed by atoms with van der Waals surface area (Å²) in [4.78, 5) is 12.7. The van der Waals surface area contributed by atoms with Crippen LogP contribution in [0.2, 0.25) is 0 Å². The van der Waals surface area contributed by atoms with E-state index in [-0.39, 0.29) is 0 Å². The van der Waals surface area contributed by atoms with Crippen molar-refractivity contribution < 1.29 is 9.90 Å². The Kier molecular flexibility index (Phi) is 3.11. The summed E-state index contributed by atoms with van der Waals surface area (Å²) >= 11 is 4.86. The second kappa shape index (κ2) is 3.91. The molecule has 0 saturated heterocycles. The molecule has 0 fully saturated rings. The number of nitrogens with zero attached hydrogens (tertiary/aromatic N) is 1. The quantitative estimate of drug-likeness (QED) is 0.876. The molecule has 0 radical (unpaired) electrons. The highest BCUT2D eigenvalue weighted by atomic mass is 79.9. The number of halogens is 1. The van der Waals surface area contributed by atoms with Gasteiger partial charge in [0.2, 0.25) is 0 Å². The van der Waals surface area contributed by atoms with E-state index in [0.717, 1.165) is 8.66 Å². The monoisotopic (exact) mass is 249 g/mol. The van der Waals surface area contributed by atoms with Gasteiger partial charge in [0.15, 0.2) is 0 Å². The number of carboxylic acid groups (broad SMARTS) is 1. The van der Waals surface area contributed by atoms with E-state index < -0.39 is 6.09 Å². The molecule has 0 saturated carbocycles. The third-order valence-electron chi connectivity index (χ3n) is 1.35. The first-order valence-electron chi connectivity index (χ1n) is 3.28. The Balaban J connectivity index is 2.58. The van der Waals surface area contributed by atoms with Crippen molar-refractivity contribution in [2.45, 2.75) is 6.54 Å². The summed E-state index contributed by atoms with van der Waals surface area (Å²) in [7, 11) is 1.55. The maximum absolute atomic E-state index is 10.4. The second-order valence-electron chi connectivity index (χ2n) is 2.34. The fourth-order valence-corrected chi connectivity index (χ4v) is 2.27. The maximum atomic E-state index is 10.4. The van der Waals surface area contributed by atoms with Crippen LogP contribution in [-0.2, 0) is 6.54 Å². The van der Waals surface area contributed by atoms with Crippen LogP contribution in [0, 0.1) is 0 Å². The van der Waals surface area contributed by atoms with Crippen molar-refractivity contribution in [2.75, 3.05) is 7.05 Å². The molecular weight excluding hydrogens is 242 g/mol. The highest BCUT2D eigenvalue weighted by Gasteiger charge is 2.06. The molecule has 3 nitrogen and oxygen atoms in total. The summed E-state index contributed by atoms with van der Waals surface area (Å²) in [5, 5.41) is 8.57. The van der Waals surface area contributed by atoms with Crippen molar-refractivity contribution in [1.82, 2.24) is 4.90 Å². The van der Waals surface area contributed by atoms with Crippen molar-refractivity contribution in [3.05, 3.63) is 20.8 Å². The number of amides is 1. The van der Waals surface area contributed by atoms with Gasteiger partial charge in [-0.3, -0.25) is 0 Å². The molecule has 0 spiro atoms. The van der Waals surface area contributed by atoms with Crippen LogP contribution in [-0.4, -0.2) is 23.1 Å². The molecule has 66 valence electrons. The molecule has 1 aromatic rings. The smallest absolute Gasteiger partial charge is 0.407 e. The van der Waals surface area contributed by atoms with Crippen LogP contribution in [0.5, 0.6) is 0 Å². The molecule has 1 N–H and O–H groups in total. The zero-order chi connectivity index (χ0) is 9.14. The Morgan fingerprint density at radius 1 is 1.75 bits per heavy atom. The average molecular weight is 250 g/mol. The minimum atomic E-state index is -0.903. The Bertz CT molecular complexity index is 287. The lowest BCUT2D eigenvalue weighted by Gasteiger charge is -2.10. The molecule has 1 aromatic heterocycles. The van der Waals surface area contributed by atoms with Gasteiger partial charge in [-0.2, -0.15) is 0 Å². The maximum Gasteiger partial charge on any atom is 0.407 e. The molecule has 0 bridgehead atoms. The van der Waals surface area contributed by atoms with Gasteiger partial charge in [0.25, 0.3) is 0 Å². The fraction of sp³-hybridized carbons (Fsp3) is 0.286. The van der Waals surface area contributed by atoms with Gasteiger partial charge in [-0.15, -0.1) is 11.3 Å². The van der Waals surface area contributed by atoms with Crippen LogP contribution in [0.4, 0.5) is 4.79 Å². The molecule has 0 unspecified atom stereocenters. The third kappa shape index (κ3) is 2.49. The fourth-order valence-electron chi connectivity index (χ4n) is 0.738. The standard InChI is InChI=1S/C7H8BrNO2S/c1-9(7(10)11)4-5-2-3-6(8)12-5/h2-3H,4H2,1H3,(H,10,11). The molecule has 1 rings (SSSR count). The normalized spacial score (nSPS) is 9.83. The predicted molar refractivity (Wildman–Crippen MR) is 51.5 cm³/mol. The molecule has 0 aliphatic carbocycles. The molecule has 0 aliphatic heterocycles. The predicted octanol–water partition coefficient (Wildman–Crippen LogP) is 2.62. The van der Waals surface area contributed by atoms with Crippen molar-refractivity contribution in [2.24, 2.45) is 0 Å². The van der Waals surface area contributed by atoms with E-state index in [4.69, 9.17) is 5.11 Å². The zero-order valence-electron chi connectivity index (χ0n) is 6.45. The van der Waals surface area contributed by atoms with E-state index >= 15 is 0 Å². The molecule has 1 amide bonds. The van der Waals surface area contributed by atoms with Crippen molar-refractivity contribution >= 4 is 33.4 Å². The van der Waals surface area contributed by atoms with E-state index in [1.807, 2.05) is 12.1 Å². The molecule has 0 atom stereocenters. The SMILES string of the molecule is CN(Cc1ccc(Br)s1)C(=O)O. The molecule has 12 heavy (non-hydrogen) atoms. The summed E-state index contributed by atoms with van der Waals surface area (Å²) in [5.74, 6) is 0. The van der Waals surface area contributed by atoms with Gasteiger partial charge in [0.05, 0.1) is 10.3 Å². The van der Waals surface area contributed by atoms with Crippen molar-refractivity contribution in [3.8, 4) is 0 Å². The first-order chi connectivity index (χ1) is 5.59. The Morgan fingerprint density at radius 3 is 2.83 bits per heavy atom. The van der Waals surface area contributed by atoms with Gasteiger partial charge in [0, 0.05) is 11.9 Å². The summed E-state index contributed by atoms with van der Waals surface area (Å²) in [6.07, 6.45) is -0.903. The van der Waals surface area contributed by atoms with E-state index in [9.17, 15) is 4.79 Å². The van der Waals surface area contributed by atoms with E-state index in [2.05, 4.69) is 15.9 Å². The van der Waals surface area contributed by atoms with Crippen LogP contribution in [0.15, 0.2) is 15.9 Å². The van der Waals surface area contributed by atoms with Crippen LogP contribution < -0.4 is 0 Å². The number of hydrogen-bond donors (Lipinski definition) is 1. The molecule has 0 aromatic carbocycles. The third-order valence-corrected chi connectivity index (χ3v) is 2.96. The molecule has 0 aliphatic rings. The Labute approximate surface area is 82.7 Å². The Hall–Kier alpha value is -0.550. The topological polar surface area (TPSA) is 40.5 Å². The van der Waals surface area contributed by atoms with Crippen LogP contribution in [0.25, 0.3) is 0 Å². The van der Waals surface area contributed by atoms with Gasteiger partial charge in [-0.1, -0.05) is 0 Å². The zero-order valence-corrected chi connectivity index (χ0v) is 8.85. The van der Waals surface area contributed by atoms with Crippen LogP contribution >= 0.6 is 27.3 Å². The molecule has 5 heteroatoms. The van der Waals surface area contributed by atoms with Gasteiger partial charge < -0.3 is 10.0 Å². The van der Waals surface area contributed by atoms with E-state index in [0.29, 0.717) is 6.54 Å². The summed E-state index contributed by atoms with van der Waals surface area (Å²) in [5.41, 5.74) is 0. The van der Waals surface area contributed by atoms with Gasteiger partial charge in [0.1, 0.15) is 0 Å².